The molecule has 0 unspecified atom stereocenters. The maximum Gasteiger partial charge on any atom is 0.269 e. The van der Waals surface area contributed by atoms with E-state index in [1.807, 2.05) is 6.07 Å². The molecule has 0 radical (unpaired) electrons. The maximum atomic E-state index is 13.7. The number of hydrogen-bond donors (Lipinski definition) is 1. The summed E-state index contributed by atoms with van der Waals surface area (Å²) in [7, 11) is 0. The number of nitrogens with zero attached hydrogens (tertiary/aromatic N) is 4. The highest BCUT2D eigenvalue weighted by Gasteiger charge is 2.26. The Morgan fingerprint density at radius 1 is 1.21 bits per heavy atom. The second-order valence-electron chi connectivity index (χ2n) is 8.16. The number of hydrogen-bond acceptors (Lipinski definition) is 7. The van der Waals surface area contributed by atoms with Crippen LogP contribution in [0.25, 0.3) is 11.5 Å². The highest BCUT2D eigenvalue weighted by atomic mass is 19.1. The smallest absolute Gasteiger partial charge is 0.269 e. The summed E-state index contributed by atoms with van der Waals surface area (Å²) in [5, 5.41) is 21.8. The standard InChI is InChI=1S/C23H24FN5O4/c1-15-2-3-16(12-20(15)24)13-25-22(30)17-8-10-28(11-9-17)14-21-26-27-23(33-21)18-4-6-19(7-5-18)29(31)32/h2-7,12,17H,8-11,13-14H2,1H3,(H,25,30). The zero-order valence-corrected chi connectivity index (χ0v) is 18.2. The molecule has 10 heteroatoms. The van der Waals surface area contributed by atoms with E-state index in [1.54, 1.807) is 25.1 Å². The fourth-order valence-electron chi connectivity index (χ4n) is 3.78. The van der Waals surface area contributed by atoms with Crippen LogP contribution in [0.4, 0.5) is 10.1 Å². The number of nitro groups is 1. The first-order valence-electron chi connectivity index (χ1n) is 10.7. The van der Waals surface area contributed by atoms with Gasteiger partial charge in [0.1, 0.15) is 5.82 Å². The van der Waals surface area contributed by atoms with Gasteiger partial charge in [0, 0.05) is 30.2 Å². The van der Waals surface area contributed by atoms with Gasteiger partial charge in [0.05, 0.1) is 11.5 Å². The fourth-order valence-corrected chi connectivity index (χ4v) is 3.78. The van der Waals surface area contributed by atoms with Gasteiger partial charge < -0.3 is 9.73 Å². The van der Waals surface area contributed by atoms with Crippen molar-refractivity contribution in [1.82, 2.24) is 20.4 Å². The van der Waals surface area contributed by atoms with Crippen LogP contribution in [0.15, 0.2) is 46.9 Å². The van der Waals surface area contributed by atoms with Gasteiger partial charge in [0.2, 0.25) is 17.7 Å². The van der Waals surface area contributed by atoms with E-state index in [-0.39, 0.29) is 23.3 Å². The van der Waals surface area contributed by atoms with Gasteiger partial charge in [0.25, 0.3) is 5.69 Å². The molecule has 3 aromatic rings. The number of nitrogens with one attached hydrogen (secondary N) is 1. The normalized spacial score (nSPS) is 14.8. The molecule has 0 saturated carbocycles. The number of carbonyl (C=O) groups excluding carboxylic acids is 1. The molecule has 33 heavy (non-hydrogen) atoms. The van der Waals surface area contributed by atoms with Crippen molar-refractivity contribution in [3.8, 4) is 11.5 Å². The first-order chi connectivity index (χ1) is 15.9. The molecular formula is C23H24FN5O4. The monoisotopic (exact) mass is 453 g/mol. The zero-order chi connectivity index (χ0) is 23.4. The lowest BCUT2D eigenvalue weighted by Gasteiger charge is -2.30. The van der Waals surface area contributed by atoms with Gasteiger partial charge in [-0.05, 0) is 62.2 Å². The molecule has 1 saturated heterocycles. The van der Waals surface area contributed by atoms with Crippen LogP contribution in [0.2, 0.25) is 0 Å². The molecule has 1 aliphatic heterocycles. The second kappa shape index (κ2) is 9.86. The maximum absolute atomic E-state index is 13.7. The summed E-state index contributed by atoms with van der Waals surface area (Å²) in [6, 6.07) is 10.9. The number of benzene rings is 2. The summed E-state index contributed by atoms with van der Waals surface area (Å²) in [4.78, 5) is 25.0. The van der Waals surface area contributed by atoms with E-state index in [1.165, 1.54) is 18.2 Å². The number of amides is 1. The van der Waals surface area contributed by atoms with Gasteiger partial charge in [-0.1, -0.05) is 12.1 Å². The number of halogens is 1. The van der Waals surface area contributed by atoms with Gasteiger partial charge in [-0.25, -0.2) is 4.39 Å². The highest BCUT2D eigenvalue weighted by molar-refractivity contribution is 5.78. The summed E-state index contributed by atoms with van der Waals surface area (Å²) in [6.45, 7) is 3.91. The number of rotatable bonds is 7. The average Bonchev–Trinajstić information content (AvgIpc) is 3.28. The summed E-state index contributed by atoms with van der Waals surface area (Å²) in [6.07, 6.45) is 1.41. The number of piperidine rings is 1. The average molecular weight is 453 g/mol. The number of non-ortho nitro benzene ring substituents is 1. The fraction of sp³-hybridized carbons (Fsp3) is 0.348. The summed E-state index contributed by atoms with van der Waals surface area (Å²) in [5.41, 5.74) is 1.93. The third kappa shape index (κ3) is 5.58. The van der Waals surface area contributed by atoms with Crippen LogP contribution in [0, 0.1) is 28.8 Å². The third-order valence-electron chi connectivity index (χ3n) is 5.81. The quantitative estimate of drug-likeness (QED) is 0.429. The van der Waals surface area contributed by atoms with Crippen molar-refractivity contribution in [2.24, 2.45) is 5.92 Å². The number of nitro benzene ring substituents is 1. The Kier molecular flexibility index (Phi) is 6.74. The molecule has 0 bridgehead atoms. The Balaban J connectivity index is 1.25. The first-order valence-corrected chi connectivity index (χ1v) is 10.7. The van der Waals surface area contributed by atoms with Gasteiger partial charge in [0.15, 0.2) is 0 Å². The Morgan fingerprint density at radius 2 is 1.94 bits per heavy atom. The minimum absolute atomic E-state index is 0.00331. The molecule has 1 N–H and O–H groups in total. The van der Waals surface area contributed by atoms with Crippen molar-refractivity contribution < 1.29 is 18.5 Å². The van der Waals surface area contributed by atoms with E-state index >= 15 is 0 Å². The Labute approximate surface area is 189 Å². The first kappa shape index (κ1) is 22.5. The van der Waals surface area contributed by atoms with Gasteiger partial charge in [-0.2, -0.15) is 0 Å². The highest BCUT2D eigenvalue weighted by Crippen LogP contribution is 2.23. The van der Waals surface area contributed by atoms with Crippen molar-refractivity contribution in [1.29, 1.82) is 0 Å². The molecule has 2 heterocycles. The van der Waals surface area contributed by atoms with Crippen LogP contribution in [-0.4, -0.2) is 39.0 Å². The number of aromatic nitrogens is 2. The van der Waals surface area contributed by atoms with E-state index in [9.17, 15) is 19.3 Å². The molecule has 1 aliphatic rings. The molecule has 1 aromatic heterocycles. The second-order valence-corrected chi connectivity index (χ2v) is 8.16. The predicted molar refractivity (Wildman–Crippen MR) is 117 cm³/mol. The number of aryl methyl sites for hydroxylation is 1. The van der Waals surface area contributed by atoms with Gasteiger partial charge in [-0.3, -0.25) is 19.8 Å². The summed E-state index contributed by atoms with van der Waals surface area (Å²) in [5.74, 6) is 0.381. The molecule has 9 nitrogen and oxygen atoms in total. The predicted octanol–water partition coefficient (Wildman–Crippen LogP) is 3.62. The summed E-state index contributed by atoms with van der Waals surface area (Å²) < 4.78 is 19.4. The number of carbonyl (C=O) groups is 1. The van der Waals surface area contributed by atoms with Crippen LogP contribution in [0.1, 0.15) is 29.9 Å². The van der Waals surface area contributed by atoms with E-state index in [2.05, 4.69) is 20.4 Å². The summed E-state index contributed by atoms with van der Waals surface area (Å²) >= 11 is 0. The lowest BCUT2D eigenvalue weighted by atomic mass is 9.96. The molecule has 4 rings (SSSR count). The van der Waals surface area contributed by atoms with Gasteiger partial charge >= 0.3 is 0 Å². The molecule has 2 aromatic carbocycles. The van der Waals surface area contributed by atoms with Gasteiger partial charge in [-0.15, -0.1) is 10.2 Å². The van der Waals surface area contributed by atoms with Crippen LogP contribution in [-0.2, 0) is 17.9 Å². The zero-order valence-electron chi connectivity index (χ0n) is 18.2. The van der Waals surface area contributed by atoms with Crippen LogP contribution in [0.3, 0.4) is 0 Å². The largest absolute Gasteiger partial charge is 0.419 e. The molecule has 172 valence electrons. The lowest BCUT2D eigenvalue weighted by molar-refractivity contribution is -0.384. The molecule has 0 atom stereocenters. The van der Waals surface area contributed by atoms with Crippen molar-refractivity contribution >= 4 is 11.6 Å². The Bertz CT molecular complexity index is 1140. The Morgan fingerprint density at radius 3 is 2.61 bits per heavy atom. The van der Waals surface area contributed by atoms with Crippen molar-refractivity contribution in [2.75, 3.05) is 13.1 Å². The minimum atomic E-state index is -0.463. The molecular weight excluding hydrogens is 429 g/mol. The topological polar surface area (TPSA) is 114 Å². The van der Waals surface area contributed by atoms with Crippen LogP contribution >= 0.6 is 0 Å². The van der Waals surface area contributed by atoms with E-state index in [0.29, 0.717) is 61.9 Å². The third-order valence-corrected chi connectivity index (χ3v) is 5.81. The lowest BCUT2D eigenvalue weighted by Crippen LogP contribution is -2.40. The number of likely N-dealkylation sites (tertiary alicyclic amines) is 1. The van der Waals surface area contributed by atoms with E-state index in [4.69, 9.17) is 4.42 Å². The molecule has 1 amide bonds. The van der Waals surface area contributed by atoms with Crippen molar-refractivity contribution in [3.05, 3.63) is 75.4 Å². The molecule has 0 aliphatic carbocycles. The minimum Gasteiger partial charge on any atom is -0.419 e. The van der Waals surface area contributed by atoms with Crippen LogP contribution in [0.5, 0.6) is 0 Å². The SMILES string of the molecule is Cc1ccc(CNC(=O)C2CCN(Cc3nnc(-c4ccc([N+](=O)[O-])cc4)o3)CC2)cc1F. The van der Waals surface area contributed by atoms with Crippen LogP contribution < -0.4 is 5.32 Å². The molecule has 1 fully saturated rings. The van der Waals surface area contributed by atoms with Crippen molar-refractivity contribution in [2.45, 2.75) is 32.9 Å². The Hall–Kier alpha value is -3.66. The molecule has 0 spiro atoms. The van der Waals surface area contributed by atoms with Crippen molar-refractivity contribution in [3.63, 3.8) is 0 Å². The van der Waals surface area contributed by atoms with E-state index < -0.39 is 4.92 Å². The van der Waals surface area contributed by atoms with E-state index in [0.717, 1.165) is 5.56 Å².